The van der Waals surface area contributed by atoms with Crippen molar-refractivity contribution in [3.8, 4) is 11.1 Å². The minimum absolute atomic E-state index is 0.0145. The first kappa shape index (κ1) is 25.3. The number of hydrogen-bond donors (Lipinski definition) is 3. The molecule has 3 N–H and O–H groups in total. The predicted octanol–water partition coefficient (Wildman–Crippen LogP) is 4.70. The van der Waals surface area contributed by atoms with Crippen molar-refractivity contribution in [3.05, 3.63) is 59.7 Å². The maximum absolute atomic E-state index is 12.2. The zero-order valence-electron chi connectivity index (χ0n) is 19.7. The van der Waals surface area contributed by atoms with E-state index in [4.69, 9.17) is 9.84 Å². The van der Waals surface area contributed by atoms with E-state index in [1.807, 2.05) is 31.2 Å². The van der Waals surface area contributed by atoms with E-state index in [9.17, 15) is 14.4 Å². The second-order valence-electron chi connectivity index (χ2n) is 8.79. The van der Waals surface area contributed by atoms with Crippen molar-refractivity contribution in [3.63, 3.8) is 0 Å². The fourth-order valence-electron chi connectivity index (χ4n) is 4.34. The van der Waals surface area contributed by atoms with Crippen molar-refractivity contribution in [2.45, 2.75) is 51.4 Å². The van der Waals surface area contributed by atoms with Gasteiger partial charge in [-0.15, -0.1) is 0 Å². The number of carboxylic acids is 1. The van der Waals surface area contributed by atoms with Crippen LogP contribution in [0.5, 0.6) is 0 Å². The van der Waals surface area contributed by atoms with Gasteiger partial charge in [-0.3, -0.25) is 9.59 Å². The Bertz CT molecular complexity index is 945. The van der Waals surface area contributed by atoms with E-state index in [1.54, 1.807) is 0 Å². The standard InChI is InChI=1S/C27H34N2O5/c1-19(26(32)28-16-8-2-3-15-25(30)31)10-9-17-29-27(33)34-18-24-22-13-6-4-11-20(22)21-12-5-7-14-23(21)24/h4-7,11-14,19,24H,2-3,8-10,15-18H2,1H3,(H,28,32)(H,29,33)(H,30,31). The third-order valence-electron chi connectivity index (χ3n) is 6.24. The van der Waals surface area contributed by atoms with Crippen LogP contribution in [0.1, 0.15) is 62.5 Å². The van der Waals surface area contributed by atoms with Gasteiger partial charge in [0.25, 0.3) is 0 Å². The number of aliphatic carboxylic acids is 1. The third-order valence-corrected chi connectivity index (χ3v) is 6.24. The van der Waals surface area contributed by atoms with Crippen LogP contribution in [-0.2, 0) is 14.3 Å². The molecule has 0 fully saturated rings. The van der Waals surface area contributed by atoms with Crippen molar-refractivity contribution in [1.82, 2.24) is 10.6 Å². The number of nitrogens with one attached hydrogen (secondary N) is 2. The zero-order chi connectivity index (χ0) is 24.3. The maximum Gasteiger partial charge on any atom is 0.407 e. The van der Waals surface area contributed by atoms with Gasteiger partial charge in [0.15, 0.2) is 0 Å². The van der Waals surface area contributed by atoms with E-state index in [-0.39, 0.29) is 30.8 Å². The molecule has 2 aromatic carbocycles. The molecule has 0 radical (unpaired) electrons. The number of carbonyl (C=O) groups excluding carboxylic acids is 2. The lowest BCUT2D eigenvalue weighted by Crippen LogP contribution is -2.31. The van der Waals surface area contributed by atoms with Crippen LogP contribution in [0.25, 0.3) is 11.1 Å². The Balaban J connectivity index is 1.31. The fraction of sp³-hybridized carbons (Fsp3) is 0.444. The molecule has 7 heteroatoms. The number of rotatable bonds is 13. The molecule has 0 aromatic heterocycles. The summed E-state index contributed by atoms with van der Waals surface area (Å²) in [6, 6.07) is 16.4. The van der Waals surface area contributed by atoms with Gasteiger partial charge < -0.3 is 20.5 Å². The van der Waals surface area contributed by atoms with Gasteiger partial charge in [0, 0.05) is 31.3 Å². The predicted molar refractivity (Wildman–Crippen MR) is 131 cm³/mol. The van der Waals surface area contributed by atoms with Gasteiger partial charge in [0.1, 0.15) is 6.61 Å². The van der Waals surface area contributed by atoms with Crippen LogP contribution in [0.4, 0.5) is 4.79 Å². The number of amides is 2. The molecule has 1 aliphatic rings. The van der Waals surface area contributed by atoms with Crippen molar-refractivity contribution >= 4 is 18.0 Å². The van der Waals surface area contributed by atoms with Gasteiger partial charge in [-0.05, 0) is 47.9 Å². The van der Waals surface area contributed by atoms with Gasteiger partial charge >= 0.3 is 12.1 Å². The highest BCUT2D eigenvalue weighted by Gasteiger charge is 2.28. The average molecular weight is 467 g/mol. The number of fused-ring (bicyclic) bond motifs is 3. The molecule has 0 heterocycles. The number of benzene rings is 2. The molecule has 0 saturated carbocycles. The highest BCUT2D eigenvalue weighted by molar-refractivity contribution is 5.79. The summed E-state index contributed by atoms with van der Waals surface area (Å²) >= 11 is 0. The smallest absolute Gasteiger partial charge is 0.407 e. The lowest BCUT2D eigenvalue weighted by atomic mass is 9.98. The molecule has 34 heavy (non-hydrogen) atoms. The molecule has 1 unspecified atom stereocenters. The summed E-state index contributed by atoms with van der Waals surface area (Å²) in [6.45, 7) is 3.16. The molecule has 7 nitrogen and oxygen atoms in total. The minimum Gasteiger partial charge on any atom is -0.481 e. The van der Waals surface area contributed by atoms with Crippen LogP contribution in [0.3, 0.4) is 0 Å². The molecule has 1 aliphatic carbocycles. The second kappa shape index (κ2) is 12.8. The van der Waals surface area contributed by atoms with E-state index in [0.717, 1.165) is 12.8 Å². The number of carbonyl (C=O) groups is 3. The lowest BCUT2D eigenvalue weighted by Gasteiger charge is -2.15. The molecule has 0 saturated heterocycles. The zero-order valence-corrected chi connectivity index (χ0v) is 19.7. The maximum atomic E-state index is 12.2. The molecule has 2 aromatic rings. The van der Waals surface area contributed by atoms with E-state index < -0.39 is 12.1 Å². The Morgan fingerprint density at radius 1 is 0.882 bits per heavy atom. The molecule has 3 rings (SSSR count). The van der Waals surface area contributed by atoms with Gasteiger partial charge in [-0.1, -0.05) is 61.9 Å². The average Bonchev–Trinajstić information content (AvgIpc) is 3.16. The summed E-state index contributed by atoms with van der Waals surface area (Å²) in [6.07, 6.45) is 3.25. The van der Waals surface area contributed by atoms with Crippen molar-refractivity contribution in [2.75, 3.05) is 19.7 Å². The Kier molecular flexibility index (Phi) is 9.50. The first-order valence-electron chi connectivity index (χ1n) is 12.1. The summed E-state index contributed by atoms with van der Waals surface area (Å²) in [5, 5.41) is 14.3. The number of unbranched alkanes of at least 4 members (excludes halogenated alkanes) is 2. The fourth-order valence-corrected chi connectivity index (χ4v) is 4.34. The van der Waals surface area contributed by atoms with Crippen LogP contribution in [0.15, 0.2) is 48.5 Å². The van der Waals surface area contributed by atoms with Crippen LogP contribution < -0.4 is 10.6 Å². The highest BCUT2D eigenvalue weighted by atomic mass is 16.5. The van der Waals surface area contributed by atoms with Crippen LogP contribution in [-0.4, -0.2) is 42.8 Å². The Labute approximate surface area is 200 Å². The van der Waals surface area contributed by atoms with E-state index in [0.29, 0.717) is 32.4 Å². The van der Waals surface area contributed by atoms with E-state index in [2.05, 4.69) is 34.9 Å². The van der Waals surface area contributed by atoms with Gasteiger partial charge in [-0.25, -0.2) is 4.79 Å². The quantitative estimate of drug-likeness (QED) is 0.371. The molecule has 0 bridgehead atoms. The lowest BCUT2D eigenvalue weighted by molar-refractivity contribution is -0.137. The molecular weight excluding hydrogens is 432 g/mol. The van der Waals surface area contributed by atoms with Crippen LogP contribution in [0.2, 0.25) is 0 Å². The van der Waals surface area contributed by atoms with E-state index in [1.165, 1.54) is 22.3 Å². The summed E-state index contributed by atoms with van der Waals surface area (Å²) in [7, 11) is 0. The van der Waals surface area contributed by atoms with Gasteiger partial charge in [0.05, 0.1) is 0 Å². The van der Waals surface area contributed by atoms with Gasteiger partial charge in [0.2, 0.25) is 5.91 Å². The van der Waals surface area contributed by atoms with Crippen molar-refractivity contribution < 1.29 is 24.2 Å². The molecular formula is C27H34N2O5. The Morgan fingerprint density at radius 3 is 2.15 bits per heavy atom. The van der Waals surface area contributed by atoms with E-state index >= 15 is 0 Å². The molecule has 2 amide bonds. The van der Waals surface area contributed by atoms with Crippen LogP contribution in [0, 0.1) is 5.92 Å². The Hall–Kier alpha value is -3.35. The minimum atomic E-state index is -0.788. The number of ether oxygens (including phenoxy) is 1. The van der Waals surface area contributed by atoms with Crippen molar-refractivity contribution in [1.29, 1.82) is 0 Å². The third kappa shape index (κ3) is 7.07. The number of carboxylic acid groups (broad SMARTS) is 1. The van der Waals surface area contributed by atoms with Gasteiger partial charge in [-0.2, -0.15) is 0 Å². The summed E-state index contributed by atoms with van der Waals surface area (Å²) < 4.78 is 5.53. The number of hydrogen-bond acceptors (Lipinski definition) is 4. The summed E-state index contributed by atoms with van der Waals surface area (Å²) in [5.74, 6) is -0.918. The molecule has 1 atom stereocenters. The van der Waals surface area contributed by atoms with Crippen LogP contribution >= 0.6 is 0 Å². The van der Waals surface area contributed by atoms with Crippen molar-refractivity contribution in [2.24, 2.45) is 5.92 Å². The largest absolute Gasteiger partial charge is 0.481 e. The Morgan fingerprint density at radius 2 is 1.50 bits per heavy atom. The molecule has 182 valence electrons. The normalized spacial score (nSPS) is 13.0. The SMILES string of the molecule is CC(CCCNC(=O)OCC1c2ccccc2-c2ccccc21)C(=O)NCCCCCC(=O)O. The highest BCUT2D eigenvalue weighted by Crippen LogP contribution is 2.44. The monoisotopic (exact) mass is 466 g/mol. The number of alkyl carbamates (subject to hydrolysis) is 1. The second-order valence-corrected chi connectivity index (χ2v) is 8.79. The first-order chi connectivity index (χ1) is 16.5. The molecule has 0 spiro atoms. The summed E-state index contributed by atoms with van der Waals surface area (Å²) in [4.78, 5) is 34.8. The molecule has 0 aliphatic heterocycles. The topological polar surface area (TPSA) is 105 Å². The summed E-state index contributed by atoms with van der Waals surface area (Å²) in [5.41, 5.74) is 4.75. The first-order valence-corrected chi connectivity index (χ1v) is 12.1.